The summed E-state index contributed by atoms with van der Waals surface area (Å²) in [7, 11) is 0. The molecule has 0 bridgehead atoms. The zero-order valence-electron chi connectivity index (χ0n) is 20.3. The molecule has 178 valence electrons. The van der Waals surface area contributed by atoms with Gasteiger partial charge in [-0.05, 0) is 89.3 Å². The van der Waals surface area contributed by atoms with E-state index in [-0.39, 0.29) is 0 Å². The predicted molar refractivity (Wildman–Crippen MR) is 172 cm³/mol. The molecule has 8 aromatic rings. The van der Waals surface area contributed by atoms with Gasteiger partial charge in [0.2, 0.25) is 0 Å². The predicted octanol–water partition coefficient (Wildman–Crippen LogP) is 11.8. The van der Waals surface area contributed by atoms with E-state index >= 15 is 0 Å². The second kappa shape index (κ2) is 8.39. The molecule has 0 fully saturated rings. The Labute approximate surface area is 236 Å². The zero-order chi connectivity index (χ0) is 25.4. The van der Waals surface area contributed by atoms with Crippen molar-refractivity contribution in [1.29, 1.82) is 0 Å². The van der Waals surface area contributed by atoms with Gasteiger partial charge in [0.15, 0.2) is 0 Å². The molecule has 0 saturated carbocycles. The van der Waals surface area contributed by atoms with Gasteiger partial charge in [-0.1, -0.05) is 129 Å². The maximum absolute atomic E-state index is 3.98. The van der Waals surface area contributed by atoms with Crippen LogP contribution in [0.5, 0.6) is 0 Å². The highest BCUT2D eigenvalue weighted by atomic mass is 79.9. The lowest BCUT2D eigenvalue weighted by molar-refractivity contribution is 1.71. The van der Waals surface area contributed by atoms with E-state index < -0.39 is 0 Å². The minimum absolute atomic E-state index is 1.13. The molecule has 0 spiro atoms. The number of hydrogen-bond acceptors (Lipinski definition) is 0. The smallest absolute Gasteiger partial charge is 0.0266 e. The molecule has 0 N–H and O–H groups in total. The van der Waals surface area contributed by atoms with Crippen LogP contribution in [0.3, 0.4) is 0 Å². The van der Waals surface area contributed by atoms with E-state index in [1.165, 1.54) is 75.8 Å². The molecule has 0 aliphatic carbocycles. The second-order valence-electron chi connectivity index (χ2n) is 9.95. The minimum atomic E-state index is 1.13. The summed E-state index contributed by atoms with van der Waals surface area (Å²) in [4.78, 5) is 0. The van der Waals surface area contributed by atoms with E-state index in [9.17, 15) is 0 Å². The molecule has 2 heteroatoms. The van der Waals surface area contributed by atoms with Crippen LogP contribution in [-0.4, -0.2) is 0 Å². The molecular formula is C36H20Br2. The first-order chi connectivity index (χ1) is 18.7. The van der Waals surface area contributed by atoms with Crippen molar-refractivity contribution in [2.75, 3.05) is 0 Å². The van der Waals surface area contributed by atoms with E-state index in [0.717, 1.165) is 8.95 Å². The molecule has 0 saturated heterocycles. The molecule has 0 aromatic heterocycles. The molecule has 0 heterocycles. The summed E-state index contributed by atoms with van der Waals surface area (Å²) in [6, 6.07) is 44.3. The van der Waals surface area contributed by atoms with Gasteiger partial charge < -0.3 is 0 Å². The normalized spacial score (nSPS) is 11.9. The van der Waals surface area contributed by atoms with Gasteiger partial charge in [-0.15, -0.1) is 0 Å². The Hall–Kier alpha value is -3.72. The third-order valence-electron chi connectivity index (χ3n) is 7.89. The first kappa shape index (κ1) is 22.3. The molecule has 0 radical (unpaired) electrons. The summed E-state index contributed by atoms with van der Waals surface area (Å²) >= 11 is 7.96. The van der Waals surface area contributed by atoms with Crippen LogP contribution in [-0.2, 0) is 0 Å². The molecular weight excluding hydrogens is 592 g/mol. The second-order valence-corrected chi connectivity index (χ2v) is 11.7. The standard InChI is InChI=1S/C36H20Br2/c37-31-19-23-11-3-5-13-25(23)33-29(17-21-9-1-7-15-27(21)35(31)33)30-18-22-10-2-8-16-28(22)36-32(38)20-24-12-4-6-14-26(24)34(30)36/h1-20H. The summed E-state index contributed by atoms with van der Waals surface area (Å²) in [5, 5.41) is 15.1. The van der Waals surface area contributed by atoms with Crippen molar-refractivity contribution in [2.45, 2.75) is 0 Å². The number of benzene rings is 8. The van der Waals surface area contributed by atoms with Crippen molar-refractivity contribution in [3.05, 3.63) is 130 Å². The van der Waals surface area contributed by atoms with Crippen LogP contribution in [0.4, 0.5) is 0 Å². The van der Waals surface area contributed by atoms with Crippen LogP contribution in [0.25, 0.3) is 75.8 Å². The summed E-state index contributed by atoms with van der Waals surface area (Å²) in [6.07, 6.45) is 0. The lowest BCUT2D eigenvalue weighted by Crippen LogP contribution is -1.92. The Balaban J connectivity index is 1.71. The fourth-order valence-electron chi connectivity index (χ4n) is 6.29. The molecule has 0 atom stereocenters. The van der Waals surface area contributed by atoms with E-state index in [4.69, 9.17) is 0 Å². The molecule has 0 unspecified atom stereocenters. The minimum Gasteiger partial charge on any atom is -0.0616 e. The zero-order valence-corrected chi connectivity index (χ0v) is 23.5. The van der Waals surface area contributed by atoms with Crippen molar-refractivity contribution in [3.63, 3.8) is 0 Å². The maximum Gasteiger partial charge on any atom is 0.0266 e. The van der Waals surface area contributed by atoms with Gasteiger partial charge >= 0.3 is 0 Å². The summed E-state index contributed by atoms with van der Waals surface area (Å²) < 4.78 is 2.25. The Morgan fingerprint density at radius 2 is 0.605 bits per heavy atom. The first-order valence-electron chi connectivity index (χ1n) is 12.7. The lowest BCUT2D eigenvalue weighted by Gasteiger charge is -2.19. The Morgan fingerprint density at radius 1 is 0.316 bits per heavy atom. The topological polar surface area (TPSA) is 0 Å². The van der Waals surface area contributed by atoms with E-state index in [1.807, 2.05) is 0 Å². The highest BCUT2D eigenvalue weighted by Gasteiger charge is 2.19. The van der Waals surface area contributed by atoms with Crippen LogP contribution in [0.1, 0.15) is 0 Å². The monoisotopic (exact) mass is 610 g/mol. The fourth-order valence-corrected chi connectivity index (χ4v) is 7.61. The molecule has 38 heavy (non-hydrogen) atoms. The van der Waals surface area contributed by atoms with Gasteiger partial charge in [-0.25, -0.2) is 0 Å². The third kappa shape index (κ3) is 3.14. The van der Waals surface area contributed by atoms with Crippen LogP contribution in [0.2, 0.25) is 0 Å². The first-order valence-corrected chi connectivity index (χ1v) is 14.3. The highest BCUT2D eigenvalue weighted by molar-refractivity contribution is 9.11. The van der Waals surface area contributed by atoms with Crippen LogP contribution in [0, 0.1) is 0 Å². The molecule has 0 aliphatic heterocycles. The molecule has 8 rings (SSSR count). The van der Waals surface area contributed by atoms with Crippen LogP contribution in [0.15, 0.2) is 130 Å². The SMILES string of the molecule is Brc1cc2ccccc2c2c(-c3cc4ccccc4c4c(Br)cc5ccccc5c34)cc3ccccc3c12. The van der Waals surface area contributed by atoms with Gasteiger partial charge in [0, 0.05) is 19.7 Å². The van der Waals surface area contributed by atoms with Gasteiger partial charge in [-0.2, -0.15) is 0 Å². The molecule has 0 amide bonds. The van der Waals surface area contributed by atoms with Gasteiger partial charge in [-0.3, -0.25) is 0 Å². The molecule has 0 nitrogen and oxygen atoms in total. The Morgan fingerprint density at radius 3 is 0.974 bits per heavy atom. The summed E-state index contributed by atoms with van der Waals surface area (Å²) in [6.45, 7) is 0. The quantitative estimate of drug-likeness (QED) is 0.162. The number of halogens is 2. The Kier molecular flexibility index (Phi) is 4.92. The number of fused-ring (bicyclic) bond motifs is 10. The van der Waals surface area contributed by atoms with Gasteiger partial charge in [0.05, 0.1) is 0 Å². The number of rotatable bonds is 1. The maximum atomic E-state index is 3.98. The van der Waals surface area contributed by atoms with E-state index in [1.54, 1.807) is 0 Å². The highest BCUT2D eigenvalue weighted by Crippen LogP contribution is 2.48. The van der Waals surface area contributed by atoms with Crippen molar-refractivity contribution in [3.8, 4) is 11.1 Å². The number of hydrogen-bond donors (Lipinski definition) is 0. The summed E-state index contributed by atoms with van der Waals surface area (Å²) in [5.41, 5.74) is 2.52. The van der Waals surface area contributed by atoms with Gasteiger partial charge in [0.1, 0.15) is 0 Å². The van der Waals surface area contributed by atoms with Gasteiger partial charge in [0.25, 0.3) is 0 Å². The average molecular weight is 612 g/mol. The van der Waals surface area contributed by atoms with Crippen molar-refractivity contribution < 1.29 is 0 Å². The van der Waals surface area contributed by atoms with Crippen LogP contribution < -0.4 is 0 Å². The Bertz CT molecular complexity index is 2100. The van der Waals surface area contributed by atoms with E-state index in [2.05, 4.69) is 153 Å². The lowest BCUT2D eigenvalue weighted by atomic mass is 9.85. The fraction of sp³-hybridized carbons (Fsp3) is 0. The molecule has 8 aromatic carbocycles. The van der Waals surface area contributed by atoms with Crippen molar-refractivity contribution in [1.82, 2.24) is 0 Å². The largest absolute Gasteiger partial charge is 0.0616 e. The van der Waals surface area contributed by atoms with Crippen molar-refractivity contribution >= 4 is 96.5 Å². The average Bonchev–Trinajstić information content (AvgIpc) is 2.96. The summed E-state index contributed by atoms with van der Waals surface area (Å²) in [5.74, 6) is 0. The third-order valence-corrected chi connectivity index (χ3v) is 9.14. The van der Waals surface area contributed by atoms with Crippen LogP contribution >= 0.6 is 31.9 Å². The van der Waals surface area contributed by atoms with Crippen molar-refractivity contribution in [2.24, 2.45) is 0 Å². The molecule has 0 aliphatic rings. The van der Waals surface area contributed by atoms with E-state index in [0.29, 0.717) is 0 Å².